The molecule has 5 rings (SSSR count). The first-order valence-corrected chi connectivity index (χ1v) is 10.8. The third-order valence-corrected chi connectivity index (χ3v) is 6.26. The van der Waals surface area contributed by atoms with Crippen molar-refractivity contribution in [3.05, 3.63) is 81.0 Å². The lowest BCUT2D eigenvalue weighted by Crippen LogP contribution is -2.23. The van der Waals surface area contributed by atoms with Crippen molar-refractivity contribution < 1.29 is 13.9 Å². The number of rotatable bonds is 2. The lowest BCUT2D eigenvalue weighted by atomic mass is 9.86. The van der Waals surface area contributed by atoms with Gasteiger partial charge in [0.25, 0.3) is 11.5 Å². The molecule has 0 unspecified atom stereocenters. The van der Waals surface area contributed by atoms with E-state index in [2.05, 4.69) is 25.9 Å². The zero-order valence-electron chi connectivity index (χ0n) is 19.1. The van der Waals surface area contributed by atoms with Crippen LogP contribution in [0.2, 0.25) is 0 Å². The quantitative estimate of drug-likeness (QED) is 0.495. The fraction of sp³-hybridized carbons (Fsp3) is 0.269. The lowest BCUT2D eigenvalue weighted by Gasteiger charge is -2.19. The van der Waals surface area contributed by atoms with Crippen LogP contribution in [-0.2, 0) is 23.4 Å². The Morgan fingerprint density at radius 3 is 2.61 bits per heavy atom. The molecule has 3 heterocycles. The van der Waals surface area contributed by atoms with Crippen molar-refractivity contribution in [3.63, 3.8) is 0 Å². The van der Waals surface area contributed by atoms with Gasteiger partial charge in [0, 0.05) is 27.6 Å². The number of furan rings is 1. The molecule has 0 bridgehead atoms. The van der Waals surface area contributed by atoms with Crippen LogP contribution in [0.25, 0.3) is 27.8 Å². The van der Waals surface area contributed by atoms with E-state index in [0.717, 1.165) is 27.6 Å². The molecule has 0 saturated heterocycles. The molecule has 7 nitrogen and oxygen atoms in total. The number of carbonyl (C=O) groups excluding carboxylic acids is 1. The molecule has 0 aliphatic carbocycles. The van der Waals surface area contributed by atoms with Gasteiger partial charge < -0.3 is 14.9 Å². The maximum Gasteiger partial charge on any atom is 0.284 e. The number of aromatic nitrogens is 2. The van der Waals surface area contributed by atoms with Crippen LogP contribution in [0.15, 0.2) is 51.8 Å². The first kappa shape index (κ1) is 21.2. The molecule has 7 heteroatoms. The minimum atomic E-state index is -0.625. The van der Waals surface area contributed by atoms with Gasteiger partial charge in [-0.25, -0.2) is 0 Å². The van der Waals surface area contributed by atoms with Gasteiger partial charge in [0.05, 0.1) is 30.5 Å². The van der Waals surface area contributed by atoms with Gasteiger partial charge in [-0.2, -0.15) is 9.78 Å². The van der Waals surface area contributed by atoms with E-state index in [1.165, 1.54) is 4.68 Å². The monoisotopic (exact) mass is 443 g/mol. The molecular formula is C26H25N3O4. The minimum absolute atomic E-state index is 0.0280. The summed E-state index contributed by atoms with van der Waals surface area (Å²) in [7, 11) is 0. The molecule has 0 fully saturated rings. The predicted molar refractivity (Wildman–Crippen MR) is 125 cm³/mol. The normalized spacial score (nSPS) is 13.5. The SMILES string of the molecule is Cc1c(C(N)=O)oc2c1COCc1c-2cccc1-n1ncc2cc(C(C)(C)C)ccc2c1=O. The average molecular weight is 444 g/mol. The Balaban J connectivity index is 1.70. The molecule has 2 aromatic carbocycles. The van der Waals surface area contributed by atoms with Crippen LogP contribution in [-0.4, -0.2) is 15.7 Å². The number of ether oxygens (including phenoxy) is 1. The Hall–Kier alpha value is -3.71. The largest absolute Gasteiger partial charge is 0.450 e. The van der Waals surface area contributed by atoms with Gasteiger partial charge in [-0.05, 0) is 36.1 Å². The van der Waals surface area contributed by atoms with Crippen LogP contribution in [0.4, 0.5) is 0 Å². The van der Waals surface area contributed by atoms with Gasteiger partial charge >= 0.3 is 0 Å². The van der Waals surface area contributed by atoms with Crippen molar-refractivity contribution in [2.24, 2.45) is 5.73 Å². The minimum Gasteiger partial charge on any atom is -0.450 e. The second-order valence-corrected chi connectivity index (χ2v) is 9.44. The highest BCUT2D eigenvalue weighted by Gasteiger charge is 2.27. The smallest absolute Gasteiger partial charge is 0.284 e. The van der Waals surface area contributed by atoms with Crippen LogP contribution in [0.5, 0.6) is 0 Å². The molecule has 4 aromatic rings. The highest BCUT2D eigenvalue weighted by atomic mass is 16.5. The Labute approximate surface area is 190 Å². The van der Waals surface area contributed by atoms with E-state index in [-0.39, 0.29) is 29.9 Å². The van der Waals surface area contributed by atoms with Crippen molar-refractivity contribution >= 4 is 16.7 Å². The maximum atomic E-state index is 13.4. The highest BCUT2D eigenvalue weighted by molar-refractivity contribution is 5.93. The van der Waals surface area contributed by atoms with Gasteiger partial charge in [-0.15, -0.1) is 0 Å². The van der Waals surface area contributed by atoms with Crippen LogP contribution in [0.1, 0.15) is 53.6 Å². The topological polar surface area (TPSA) is 100 Å². The van der Waals surface area contributed by atoms with Crippen LogP contribution in [0.3, 0.4) is 0 Å². The van der Waals surface area contributed by atoms with E-state index >= 15 is 0 Å². The van der Waals surface area contributed by atoms with Crippen molar-refractivity contribution in [3.8, 4) is 17.0 Å². The molecule has 168 valence electrons. The summed E-state index contributed by atoms with van der Waals surface area (Å²) in [6.45, 7) is 8.75. The Kier molecular flexibility index (Phi) is 4.76. The fourth-order valence-corrected chi connectivity index (χ4v) is 4.36. The lowest BCUT2D eigenvalue weighted by molar-refractivity contribution is 0.0973. The molecule has 1 aliphatic heterocycles. The number of nitrogens with zero attached hydrogens (tertiary/aromatic N) is 2. The average Bonchev–Trinajstić information content (AvgIpc) is 2.98. The number of amides is 1. The number of fused-ring (bicyclic) bond motifs is 4. The summed E-state index contributed by atoms with van der Waals surface area (Å²) >= 11 is 0. The molecule has 0 saturated carbocycles. The zero-order valence-corrected chi connectivity index (χ0v) is 19.1. The molecule has 2 N–H and O–H groups in total. The van der Waals surface area contributed by atoms with Crippen molar-refractivity contribution in [2.75, 3.05) is 0 Å². The summed E-state index contributed by atoms with van der Waals surface area (Å²) in [5, 5.41) is 5.89. The van der Waals surface area contributed by atoms with Gasteiger partial charge in [-0.3, -0.25) is 9.59 Å². The molecular weight excluding hydrogens is 418 g/mol. The first-order valence-electron chi connectivity index (χ1n) is 10.8. The molecule has 33 heavy (non-hydrogen) atoms. The number of benzene rings is 2. The summed E-state index contributed by atoms with van der Waals surface area (Å²) < 4.78 is 13.2. The Bertz CT molecular complexity index is 1490. The predicted octanol–water partition coefficient (Wildman–Crippen LogP) is 4.38. The van der Waals surface area contributed by atoms with Crippen molar-refractivity contribution in [2.45, 2.75) is 46.3 Å². The highest BCUT2D eigenvalue weighted by Crippen LogP contribution is 2.38. The molecule has 0 atom stereocenters. The summed E-state index contributed by atoms with van der Waals surface area (Å²) in [6, 6.07) is 11.4. The van der Waals surface area contributed by atoms with E-state index in [1.54, 1.807) is 13.1 Å². The Morgan fingerprint density at radius 2 is 1.88 bits per heavy atom. The Morgan fingerprint density at radius 1 is 1.12 bits per heavy atom. The van der Waals surface area contributed by atoms with E-state index < -0.39 is 5.91 Å². The summed E-state index contributed by atoms with van der Waals surface area (Å²) in [5.41, 5.74) is 9.98. The van der Waals surface area contributed by atoms with E-state index in [0.29, 0.717) is 22.4 Å². The van der Waals surface area contributed by atoms with E-state index in [4.69, 9.17) is 14.9 Å². The van der Waals surface area contributed by atoms with Gasteiger partial charge in [0.1, 0.15) is 5.76 Å². The first-order chi connectivity index (χ1) is 15.7. The van der Waals surface area contributed by atoms with Crippen molar-refractivity contribution in [1.29, 1.82) is 0 Å². The van der Waals surface area contributed by atoms with E-state index in [1.807, 2.05) is 36.4 Å². The zero-order chi connectivity index (χ0) is 23.5. The number of hydrogen-bond acceptors (Lipinski definition) is 5. The molecule has 1 aliphatic rings. The maximum absolute atomic E-state index is 13.4. The number of nitrogens with two attached hydrogens (primary N) is 1. The van der Waals surface area contributed by atoms with Gasteiger partial charge in [0.2, 0.25) is 0 Å². The molecule has 2 aromatic heterocycles. The molecule has 0 radical (unpaired) electrons. The van der Waals surface area contributed by atoms with Crippen molar-refractivity contribution in [1.82, 2.24) is 9.78 Å². The van der Waals surface area contributed by atoms with Gasteiger partial charge in [0.15, 0.2) is 5.76 Å². The number of primary amides is 1. The number of carbonyl (C=O) groups is 1. The molecule has 1 amide bonds. The second kappa shape index (κ2) is 7.42. The second-order valence-electron chi connectivity index (χ2n) is 9.44. The van der Waals surface area contributed by atoms with E-state index in [9.17, 15) is 9.59 Å². The number of hydrogen-bond donors (Lipinski definition) is 1. The third kappa shape index (κ3) is 3.36. The summed E-state index contributed by atoms with van der Waals surface area (Å²) in [4.78, 5) is 25.2. The standard InChI is InChI=1S/C26H25N3O4/c1-14-19-12-32-13-20-18(23(19)33-22(14)24(27)30)6-5-7-21(20)29-25(31)17-9-8-16(26(2,3)4)10-15(17)11-28-29/h5-11H,12-13H2,1-4H3,(H2,27,30). The van der Waals surface area contributed by atoms with Gasteiger partial charge in [-0.1, -0.05) is 39.0 Å². The summed E-state index contributed by atoms with van der Waals surface area (Å²) in [5.74, 6) is 0.0390. The fourth-order valence-electron chi connectivity index (χ4n) is 4.36. The van der Waals surface area contributed by atoms with Crippen LogP contribution in [0, 0.1) is 6.92 Å². The molecule has 0 spiro atoms. The van der Waals surface area contributed by atoms with Crippen LogP contribution < -0.4 is 11.3 Å². The van der Waals surface area contributed by atoms with Crippen LogP contribution >= 0.6 is 0 Å². The third-order valence-electron chi connectivity index (χ3n) is 6.26. The summed E-state index contributed by atoms with van der Waals surface area (Å²) in [6.07, 6.45) is 1.72.